The van der Waals surface area contributed by atoms with Crippen LogP contribution in [-0.4, -0.2) is 14.5 Å². The third-order valence-corrected chi connectivity index (χ3v) is 2.02. The Kier molecular flexibility index (Phi) is 1.44. The fourth-order valence-corrected chi connectivity index (χ4v) is 1.51. The Morgan fingerprint density at radius 3 is 2.92 bits per heavy atom. The monoisotopic (exact) mass is 182 g/mol. The first-order valence-electron chi connectivity index (χ1n) is 3.41. The molecular weight excluding hydrogens is 176 g/mol. The quantitative estimate of drug-likeness (QED) is 0.666. The molecule has 5 heteroatoms. The van der Waals surface area contributed by atoms with Crippen LogP contribution in [-0.2, 0) is 7.05 Å². The first-order valence-corrected chi connectivity index (χ1v) is 3.79. The van der Waals surface area contributed by atoms with Crippen molar-refractivity contribution in [3.05, 3.63) is 17.5 Å². The van der Waals surface area contributed by atoms with Gasteiger partial charge in [0.1, 0.15) is 17.8 Å². The van der Waals surface area contributed by atoms with E-state index in [0.717, 1.165) is 11.0 Å². The van der Waals surface area contributed by atoms with E-state index >= 15 is 0 Å². The molecule has 0 saturated carbocycles. The summed E-state index contributed by atoms with van der Waals surface area (Å²) in [4.78, 5) is 7.90. The van der Waals surface area contributed by atoms with Crippen molar-refractivity contribution in [2.75, 3.05) is 5.73 Å². The van der Waals surface area contributed by atoms with Gasteiger partial charge in [-0.05, 0) is 0 Å². The van der Waals surface area contributed by atoms with Crippen LogP contribution in [0.25, 0.3) is 11.0 Å². The van der Waals surface area contributed by atoms with Gasteiger partial charge < -0.3 is 10.3 Å². The lowest BCUT2D eigenvalue weighted by Gasteiger charge is -1.95. The zero-order chi connectivity index (χ0) is 8.72. The fourth-order valence-electron chi connectivity index (χ4n) is 1.18. The van der Waals surface area contributed by atoms with Gasteiger partial charge in [-0.3, -0.25) is 0 Å². The van der Waals surface area contributed by atoms with Gasteiger partial charge in [-0.15, -0.1) is 0 Å². The number of nitrogens with two attached hydrogens (primary N) is 1. The van der Waals surface area contributed by atoms with Gasteiger partial charge in [0.05, 0.1) is 10.4 Å². The number of rotatable bonds is 0. The summed E-state index contributed by atoms with van der Waals surface area (Å²) in [6.07, 6.45) is 3.19. The molecule has 0 atom stereocenters. The summed E-state index contributed by atoms with van der Waals surface area (Å²) in [6.45, 7) is 0. The maximum absolute atomic E-state index is 5.90. The molecule has 0 aliphatic carbocycles. The molecule has 0 fully saturated rings. The number of aromatic nitrogens is 3. The highest BCUT2D eigenvalue weighted by atomic mass is 35.5. The van der Waals surface area contributed by atoms with E-state index in [1.54, 1.807) is 6.20 Å². The maximum atomic E-state index is 5.90. The Morgan fingerprint density at radius 2 is 2.25 bits per heavy atom. The summed E-state index contributed by atoms with van der Waals surface area (Å²) >= 11 is 5.90. The van der Waals surface area contributed by atoms with Crippen LogP contribution in [0.15, 0.2) is 12.5 Å². The molecule has 0 bridgehead atoms. The fraction of sp³-hybridized carbons (Fsp3) is 0.143. The molecule has 0 aliphatic rings. The highest BCUT2D eigenvalue weighted by Gasteiger charge is 2.08. The second-order valence-corrected chi connectivity index (χ2v) is 2.95. The first kappa shape index (κ1) is 7.36. The van der Waals surface area contributed by atoms with E-state index in [9.17, 15) is 0 Å². The number of anilines is 1. The van der Waals surface area contributed by atoms with Crippen molar-refractivity contribution in [2.24, 2.45) is 7.05 Å². The zero-order valence-corrected chi connectivity index (χ0v) is 7.21. The maximum Gasteiger partial charge on any atom is 0.146 e. The molecule has 0 aromatic carbocycles. The molecule has 0 saturated heterocycles. The molecule has 2 rings (SSSR count). The van der Waals surface area contributed by atoms with Crippen molar-refractivity contribution in [3.8, 4) is 0 Å². The van der Waals surface area contributed by atoms with Crippen LogP contribution < -0.4 is 5.73 Å². The Hall–Kier alpha value is -1.29. The summed E-state index contributed by atoms with van der Waals surface area (Å²) in [5.74, 6) is 0.422. The standard InChI is InChI=1S/C7H7ClN4/c1-12-2-4(8)5-6(9)10-3-11-7(5)12/h2-3H,1H3,(H2,9,10,11). The third kappa shape index (κ3) is 0.848. The number of hydrogen-bond donors (Lipinski definition) is 1. The smallest absolute Gasteiger partial charge is 0.146 e. The van der Waals surface area contributed by atoms with Gasteiger partial charge in [0.15, 0.2) is 0 Å². The number of halogens is 1. The van der Waals surface area contributed by atoms with Crippen LogP contribution in [0.3, 0.4) is 0 Å². The van der Waals surface area contributed by atoms with E-state index in [-0.39, 0.29) is 0 Å². The van der Waals surface area contributed by atoms with Crippen molar-refractivity contribution >= 4 is 28.5 Å². The Bertz CT molecular complexity index is 434. The van der Waals surface area contributed by atoms with Gasteiger partial charge in [0, 0.05) is 13.2 Å². The Morgan fingerprint density at radius 1 is 1.50 bits per heavy atom. The third-order valence-electron chi connectivity index (χ3n) is 1.74. The molecule has 2 heterocycles. The lowest BCUT2D eigenvalue weighted by atomic mass is 10.4. The summed E-state index contributed by atoms with van der Waals surface area (Å²) in [5, 5.41) is 1.31. The van der Waals surface area contributed by atoms with Gasteiger partial charge in [0.2, 0.25) is 0 Å². The van der Waals surface area contributed by atoms with Crippen molar-refractivity contribution in [2.45, 2.75) is 0 Å². The van der Waals surface area contributed by atoms with Gasteiger partial charge in [-0.2, -0.15) is 0 Å². The molecular formula is C7H7ClN4. The van der Waals surface area contributed by atoms with Crippen LogP contribution in [0.4, 0.5) is 5.82 Å². The molecule has 2 aromatic rings. The van der Waals surface area contributed by atoms with E-state index < -0.39 is 0 Å². The minimum Gasteiger partial charge on any atom is -0.383 e. The van der Waals surface area contributed by atoms with E-state index in [2.05, 4.69) is 9.97 Å². The van der Waals surface area contributed by atoms with Crippen molar-refractivity contribution in [3.63, 3.8) is 0 Å². The van der Waals surface area contributed by atoms with Crippen LogP contribution in [0.1, 0.15) is 0 Å². The lowest BCUT2D eigenvalue weighted by Crippen LogP contribution is -1.94. The highest BCUT2D eigenvalue weighted by Crippen LogP contribution is 2.26. The minimum atomic E-state index is 0.422. The van der Waals surface area contributed by atoms with E-state index in [1.165, 1.54) is 6.33 Å². The molecule has 2 N–H and O–H groups in total. The average Bonchev–Trinajstić information content (AvgIpc) is 2.29. The topological polar surface area (TPSA) is 56.7 Å². The molecule has 0 amide bonds. The minimum absolute atomic E-state index is 0.422. The van der Waals surface area contributed by atoms with Crippen LogP contribution in [0.2, 0.25) is 5.02 Å². The molecule has 4 nitrogen and oxygen atoms in total. The van der Waals surface area contributed by atoms with E-state index in [0.29, 0.717) is 10.8 Å². The average molecular weight is 183 g/mol. The van der Waals surface area contributed by atoms with Crippen molar-refractivity contribution in [1.82, 2.24) is 14.5 Å². The van der Waals surface area contributed by atoms with Gasteiger partial charge in [-0.25, -0.2) is 9.97 Å². The lowest BCUT2D eigenvalue weighted by molar-refractivity contribution is 0.944. The second-order valence-electron chi connectivity index (χ2n) is 2.55. The highest BCUT2D eigenvalue weighted by molar-refractivity contribution is 6.36. The molecule has 0 spiro atoms. The summed E-state index contributed by atoms with van der Waals surface area (Å²) < 4.78 is 1.82. The largest absolute Gasteiger partial charge is 0.383 e. The van der Waals surface area contributed by atoms with Gasteiger partial charge in [0.25, 0.3) is 0 Å². The number of nitrogen functional groups attached to an aromatic ring is 1. The number of nitrogens with zero attached hydrogens (tertiary/aromatic N) is 3. The SMILES string of the molecule is Cn1cc(Cl)c2c(N)ncnc21. The van der Waals surface area contributed by atoms with E-state index in [4.69, 9.17) is 17.3 Å². The predicted molar refractivity (Wildman–Crippen MR) is 47.9 cm³/mol. The van der Waals surface area contributed by atoms with E-state index in [1.807, 2.05) is 11.6 Å². The van der Waals surface area contributed by atoms with Gasteiger partial charge in [-0.1, -0.05) is 11.6 Å². The van der Waals surface area contributed by atoms with Crippen molar-refractivity contribution in [1.29, 1.82) is 0 Å². The Balaban J connectivity index is 2.99. The zero-order valence-electron chi connectivity index (χ0n) is 6.45. The molecule has 12 heavy (non-hydrogen) atoms. The number of aryl methyl sites for hydroxylation is 1. The van der Waals surface area contributed by atoms with Crippen LogP contribution in [0.5, 0.6) is 0 Å². The molecule has 0 radical (unpaired) electrons. The molecule has 0 aliphatic heterocycles. The molecule has 62 valence electrons. The normalized spacial score (nSPS) is 10.8. The number of fused-ring (bicyclic) bond motifs is 1. The Labute approximate surface area is 74.0 Å². The summed E-state index contributed by atoms with van der Waals surface area (Å²) in [5.41, 5.74) is 6.38. The number of hydrogen-bond acceptors (Lipinski definition) is 3. The second kappa shape index (κ2) is 2.35. The van der Waals surface area contributed by atoms with Crippen LogP contribution >= 0.6 is 11.6 Å². The molecule has 2 aromatic heterocycles. The van der Waals surface area contributed by atoms with Crippen LogP contribution in [0, 0.1) is 0 Å². The predicted octanol–water partition coefficient (Wildman–Crippen LogP) is 1.20. The first-order chi connectivity index (χ1) is 5.70. The summed E-state index contributed by atoms with van der Waals surface area (Å²) in [6, 6.07) is 0. The molecule has 0 unspecified atom stereocenters. The van der Waals surface area contributed by atoms with Crippen molar-refractivity contribution < 1.29 is 0 Å². The van der Waals surface area contributed by atoms with Gasteiger partial charge >= 0.3 is 0 Å². The summed E-state index contributed by atoms with van der Waals surface area (Å²) in [7, 11) is 1.86.